The van der Waals surface area contributed by atoms with Crippen LogP contribution in [0.15, 0.2) is 58.3 Å². The number of hydrogen-bond acceptors (Lipinski definition) is 4. The van der Waals surface area contributed by atoms with Crippen LogP contribution in [0.4, 0.5) is 5.69 Å². The van der Waals surface area contributed by atoms with Crippen molar-refractivity contribution in [1.82, 2.24) is 5.32 Å². The van der Waals surface area contributed by atoms with Crippen LogP contribution in [0.5, 0.6) is 0 Å². The van der Waals surface area contributed by atoms with Crippen molar-refractivity contribution in [3.63, 3.8) is 0 Å². The number of anilines is 1. The molecule has 2 aromatic carbocycles. The number of ether oxygens (including phenoxy) is 1. The summed E-state index contributed by atoms with van der Waals surface area (Å²) in [4.78, 5) is 14.6. The van der Waals surface area contributed by atoms with Crippen LogP contribution in [0.25, 0.3) is 0 Å². The van der Waals surface area contributed by atoms with E-state index >= 15 is 0 Å². The molecule has 1 aliphatic heterocycles. The number of nitrogens with one attached hydrogen (secondary N) is 2. The Bertz CT molecular complexity index is 685. The molecule has 1 heterocycles. The van der Waals surface area contributed by atoms with Gasteiger partial charge in [0.1, 0.15) is 0 Å². The molecule has 0 aromatic heterocycles. The predicted molar refractivity (Wildman–Crippen MR) is 97.6 cm³/mol. The van der Waals surface area contributed by atoms with E-state index in [0.29, 0.717) is 13.0 Å². The first kappa shape index (κ1) is 17.0. The summed E-state index contributed by atoms with van der Waals surface area (Å²) in [7, 11) is 0. The first-order chi connectivity index (χ1) is 11.7. The summed E-state index contributed by atoms with van der Waals surface area (Å²) in [6.07, 6.45) is 0.431. The molecule has 3 rings (SSSR count). The fourth-order valence-electron chi connectivity index (χ4n) is 2.64. The van der Waals surface area contributed by atoms with Gasteiger partial charge in [0.15, 0.2) is 0 Å². The van der Waals surface area contributed by atoms with Crippen molar-refractivity contribution < 1.29 is 9.53 Å². The van der Waals surface area contributed by atoms with Gasteiger partial charge in [0, 0.05) is 34.5 Å². The average molecular weight is 342 g/mol. The van der Waals surface area contributed by atoms with Crippen molar-refractivity contribution in [2.75, 3.05) is 25.1 Å². The Morgan fingerprint density at radius 2 is 2.08 bits per heavy atom. The van der Waals surface area contributed by atoms with Crippen LogP contribution in [0, 0.1) is 6.92 Å². The lowest BCUT2D eigenvalue weighted by molar-refractivity contribution is -0.117. The van der Waals surface area contributed by atoms with Crippen molar-refractivity contribution in [1.29, 1.82) is 0 Å². The van der Waals surface area contributed by atoms with Crippen LogP contribution >= 0.6 is 11.8 Å². The van der Waals surface area contributed by atoms with Gasteiger partial charge < -0.3 is 15.4 Å². The summed E-state index contributed by atoms with van der Waals surface area (Å²) >= 11 is 1.72. The van der Waals surface area contributed by atoms with Crippen molar-refractivity contribution >= 4 is 23.4 Å². The Labute approximate surface area is 147 Å². The fourth-order valence-corrected chi connectivity index (χ4v) is 3.58. The van der Waals surface area contributed by atoms with Gasteiger partial charge in [-0.25, -0.2) is 0 Å². The van der Waals surface area contributed by atoms with Gasteiger partial charge in [-0.3, -0.25) is 4.79 Å². The zero-order valence-corrected chi connectivity index (χ0v) is 14.6. The minimum absolute atomic E-state index is 0.0181. The number of hydrogen-bond donors (Lipinski definition) is 2. The predicted octanol–water partition coefficient (Wildman–Crippen LogP) is 3.46. The van der Waals surface area contributed by atoms with Gasteiger partial charge in [0.2, 0.25) is 5.91 Å². The van der Waals surface area contributed by atoms with Crippen molar-refractivity contribution in [2.24, 2.45) is 0 Å². The van der Waals surface area contributed by atoms with Crippen LogP contribution in [-0.4, -0.2) is 31.7 Å². The molecule has 1 aliphatic rings. The number of benzene rings is 2. The molecule has 4 nitrogen and oxygen atoms in total. The number of aryl methyl sites for hydroxylation is 1. The second kappa shape index (κ2) is 8.33. The Morgan fingerprint density at radius 3 is 2.79 bits per heavy atom. The summed E-state index contributed by atoms with van der Waals surface area (Å²) in [5.41, 5.74) is 1.94. The van der Waals surface area contributed by atoms with Crippen LogP contribution < -0.4 is 10.6 Å². The number of amides is 1. The third kappa shape index (κ3) is 4.84. The summed E-state index contributed by atoms with van der Waals surface area (Å²) in [5, 5.41) is 6.30. The number of rotatable bonds is 5. The lowest BCUT2D eigenvalue weighted by Gasteiger charge is -2.23. The molecule has 5 heteroatoms. The highest BCUT2D eigenvalue weighted by atomic mass is 32.2. The maximum Gasteiger partial charge on any atom is 0.226 e. The second-order valence-electron chi connectivity index (χ2n) is 5.87. The van der Waals surface area contributed by atoms with Crippen molar-refractivity contribution in [3.8, 4) is 0 Å². The minimum Gasteiger partial charge on any atom is -0.378 e. The monoisotopic (exact) mass is 342 g/mol. The van der Waals surface area contributed by atoms with Gasteiger partial charge in [0.05, 0.1) is 13.2 Å². The summed E-state index contributed by atoms with van der Waals surface area (Å²) < 4.78 is 5.38. The lowest BCUT2D eigenvalue weighted by atomic mass is 10.1. The summed E-state index contributed by atoms with van der Waals surface area (Å²) in [5.74, 6) is 0.0181. The third-order valence-corrected chi connectivity index (χ3v) is 4.88. The number of morpholine rings is 1. The average Bonchev–Trinajstić information content (AvgIpc) is 2.59. The summed E-state index contributed by atoms with van der Waals surface area (Å²) in [6, 6.07) is 16.5. The quantitative estimate of drug-likeness (QED) is 0.874. The van der Waals surface area contributed by atoms with Gasteiger partial charge in [-0.05, 0) is 42.8 Å². The van der Waals surface area contributed by atoms with E-state index in [4.69, 9.17) is 4.74 Å². The first-order valence-corrected chi connectivity index (χ1v) is 8.97. The van der Waals surface area contributed by atoms with Crippen LogP contribution in [-0.2, 0) is 9.53 Å². The van der Waals surface area contributed by atoms with Gasteiger partial charge in [-0.2, -0.15) is 0 Å². The molecule has 0 bridgehead atoms. The van der Waals surface area contributed by atoms with Crippen molar-refractivity contribution in [2.45, 2.75) is 29.2 Å². The second-order valence-corrected chi connectivity index (χ2v) is 7.02. The molecule has 1 atom stereocenters. The lowest BCUT2D eigenvalue weighted by Crippen LogP contribution is -2.43. The Kier molecular flexibility index (Phi) is 5.91. The third-order valence-electron chi connectivity index (χ3n) is 3.88. The first-order valence-electron chi connectivity index (χ1n) is 8.15. The summed E-state index contributed by atoms with van der Waals surface area (Å²) in [6.45, 7) is 4.14. The fraction of sp³-hybridized carbons (Fsp3) is 0.316. The zero-order valence-electron chi connectivity index (χ0n) is 13.7. The molecule has 24 heavy (non-hydrogen) atoms. The molecular formula is C19H22N2O2S. The van der Waals surface area contributed by atoms with Crippen LogP contribution in [0.2, 0.25) is 0 Å². The molecule has 1 amide bonds. The highest BCUT2D eigenvalue weighted by Gasteiger charge is 2.17. The maximum atomic E-state index is 12.2. The molecule has 1 saturated heterocycles. The van der Waals surface area contributed by atoms with E-state index in [-0.39, 0.29) is 11.9 Å². The molecule has 0 spiro atoms. The van der Waals surface area contributed by atoms with E-state index < -0.39 is 0 Å². The largest absolute Gasteiger partial charge is 0.378 e. The maximum absolute atomic E-state index is 12.2. The molecule has 2 N–H and O–H groups in total. The van der Waals surface area contributed by atoms with Gasteiger partial charge in [-0.15, -0.1) is 0 Å². The highest BCUT2D eigenvalue weighted by molar-refractivity contribution is 7.99. The Morgan fingerprint density at radius 1 is 1.25 bits per heavy atom. The van der Waals surface area contributed by atoms with Crippen LogP contribution in [0.1, 0.15) is 12.0 Å². The van der Waals surface area contributed by atoms with E-state index in [1.165, 1.54) is 9.79 Å². The molecule has 1 unspecified atom stereocenters. The molecule has 0 saturated carbocycles. The van der Waals surface area contributed by atoms with Crippen LogP contribution in [0.3, 0.4) is 0 Å². The molecule has 0 aliphatic carbocycles. The standard InChI is InChI=1S/C19H22N2O2S/c1-14-11-17(24-16-5-3-2-4-6-16)7-8-18(14)21-19(22)12-15-13-23-10-9-20-15/h2-8,11,15,20H,9-10,12-13H2,1H3,(H,21,22). The van der Waals surface area contributed by atoms with E-state index in [9.17, 15) is 4.79 Å². The smallest absolute Gasteiger partial charge is 0.226 e. The topological polar surface area (TPSA) is 50.4 Å². The number of carbonyl (C=O) groups is 1. The molecular weight excluding hydrogens is 320 g/mol. The Hall–Kier alpha value is -1.82. The van der Waals surface area contributed by atoms with Crippen molar-refractivity contribution in [3.05, 3.63) is 54.1 Å². The molecule has 126 valence electrons. The molecule has 2 aromatic rings. The SMILES string of the molecule is Cc1cc(Sc2ccccc2)ccc1NC(=O)CC1COCCN1. The van der Waals surface area contributed by atoms with E-state index in [1.807, 2.05) is 37.3 Å². The highest BCUT2D eigenvalue weighted by Crippen LogP contribution is 2.30. The van der Waals surface area contributed by atoms with Gasteiger partial charge in [0.25, 0.3) is 0 Å². The van der Waals surface area contributed by atoms with E-state index in [0.717, 1.165) is 24.4 Å². The van der Waals surface area contributed by atoms with Gasteiger partial charge >= 0.3 is 0 Å². The van der Waals surface area contributed by atoms with Gasteiger partial charge in [-0.1, -0.05) is 30.0 Å². The molecule has 0 radical (unpaired) electrons. The van der Waals surface area contributed by atoms with E-state index in [1.54, 1.807) is 11.8 Å². The Balaban J connectivity index is 1.59. The zero-order chi connectivity index (χ0) is 16.8. The molecule has 1 fully saturated rings. The minimum atomic E-state index is 0.0181. The normalized spacial score (nSPS) is 17.5. The van der Waals surface area contributed by atoms with E-state index in [2.05, 4.69) is 28.8 Å². The number of carbonyl (C=O) groups excluding carboxylic acids is 1.